The SMILES string of the molecule is CC(C)(CNC(=O)c1cc(Br)c[nH]1)NS(C)(=O)=O. The highest BCUT2D eigenvalue weighted by atomic mass is 79.9. The predicted molar refractivity (Wildman–Crippen MR) is 72.9 cm³/mol. The number of halogens is 1. The molecule has 1 heterocycles. The van der Waals surface area contributed by atoms with Gasteiger partial charge in [0.1, 0.15) is 5.69 Å². The normalized spacial score (nSPS) is 12.4. The summed E-state index contributed by atoms with van der Waals surface area (Å²) >= 11 is 3.23. The molecule has 1 rings (SSSR count). The monoisotopic (exact) mass is 337 g/mol. The average molecular weight is 338 g/mol. The highest BCUT2D eigenvalue weighted by Gasteiger charge is 2.23. The number of H-pyrrole nitrogens is 1. The minimum absolute atomic E-state index is 0.190. The van der Waals surface area contributed by atoms with Crippen molar-refractivity contribution in [3.8, 4) is 0 Å². The van der Waals surface area contributed by atoms with E-state index in [0.29, 0.717) is 5.69 Å². The first-order chi connectivity index (χ1) is 8.09. The van der Waals surface area contributed by atoms with Crippen LogP contribution in [0.25, 0.3) is 0 Å². The zero-order valence-corrected chi connectivity index (χ0v) is 12.8. The fourth-order valence-corrected chi connectivity index (χ4v) is 2.85. The molecule has 0 bridgehead atoms. The van der Waals surface area contributed by atoms with E-state index in [1.165, 1.54) is 0 Å². The minimum atomic E-state index is -3.31. The molecule has 0 atom stereocenters. The summed E-state index contributed by atoms with van der Waals surface area (Å²) in [6.07, 6.45) is 2.73. The molecule has 18 heavy (non-hydrogen) atoms. The first-order valence-electron chi connectivity index (χ1n) is 5.20. The van der Waals surface area contributed by atoms with Crippen molar-refractivity contribution in [1.82, 2.24) is 15.0 Å². The van der Waals surface area contributed by atoms with Gasteiger partial charge in [0.15, 0.2) is 0 Å². The lowest BCUT2D eigenvalue weighted by atomic mass is 10.1. The van der Waals surface area contributed by atoms with Crippen LogP contribution in [0.15, 0.2) is 16.7 Å². The third kappa shape index (κ3) is 5.19. The van der Waals surface area contributed by atoms with Crippen LogP contribution in [-0.2, 0) is 10.0 Å². The van der Waals surface area contributed by atoms with Crippen LogP contribution in [0.3, 0.4) is 0 Å². The number of sulfonamides is 1. The van der Waals surface area contributed by atoms with Crippen molar-refractivity contribution in [2.45, 2.75) is 19.4 Å². The molecule has 0 saturated carbocycles. The van der Waals surface area contributed by atoms with Crippen LogP contribution in [-0.4, -0.2) is 37.6 Å². The summed E-state index contributed by atoms with van der Waals surface area (Å²) in [6.45, 7) is 3.58. The summed E-state index contributed by atoms with van der Waals surface area (Å²) in [5.41, 5.74) is -0.329. The second kappa shape index (κ2) is 5.41. The smallest absolute Gasteiger partial charge is 0.267 e. The summed E-state index contributed by atoms with van der Waals surface area (Å²) < 4.78 is 25.5. The van der Waals surface area contributed by atoms with Crippen molar-refractivity contribution < 1.29 is 13.2 Å². The molecule has 6 nitrogen and oxygen atoms in total. The van der Waals surface area contributed by atoms with Gasteiger partial charge in [0, 0.05) is 22.8 Å². The molecule has 1 aromatic rings. The van der Waals surface area contributed by atoms with Crippen LogP contribution in [0.2, 0.25) is 0 Å². The number of carbonyl (C=O) groups is 1. The molecule has 102 valence electrons. The Morgan fingerprint density at radius 2 is 2.11 bits per heavy atom. The molecule has 3 N–H and O–H groups in total. The fraction of sp³-hybridized carbons (Fsp3) is 0.500. The molecule has 0 aliphatic heterocycles. The third-order valence-electron chi connectivity index (χ3n) is 2.04. The maximum Gasteiger partial charge on any atom is 0.267 e. The lowest BCUT2D eigenvalue weighted by Crippen LogP contribution is -2.51. The van der Waals surface area contributed by atoms with Crippen LogP contribution < -0.4 is 10.0 Å². The van der Waals surface area contributed by atoms with Crippen LogP contribution in [0.4, 0.5) is 0 Å². The van der Waals surface area contributed by atoms with E-state index in [9.17, 15) is 13.2 Å². The van der Waals surface area contributed by atoms with Gasteiger partial charge >= 0.3 is 0 Å². The largest absolute Gasteiger partial charge is 0.356 e. The molecule has 0 aliphatic rings. The van der Waals surface area contributed by atoms with Gasteiger partial charge in [0.2, 0.25) is 10.0 Å². The lowest BCUT2D eigenvalue weighted by molar-refractivity contribution is 0.0940. The van der Waals surface area contributed by atoms with Gasteiger partial charge in [0.05, 0.1) is 6.26 Å². The van der Waals surface area contributed by atoms with Crippen LogP contribution in [0.1, 0.15) is 24.3 Å². The molecule has 0 aromatic carbocycles. The van der Waals surface area contributed by atoms with E-state index in [4.69, 9.17) is 0 Å². The molecular formula is C10H16BrN3O3S. The molecule has 1 aromatic heterocycles. The van der Waals surface area contributed by atoms with E-state index >= 15 is 0 Å². The molecule has 0 radical (unpaired) electrons. The van der Waals surface area contributed by atoms with Crippen molar-refractivity contribution in [2.24, 2.45) is 0 Å². The Morgan fingerprint density at radius 1 is 1.50 bits per heavy atom. The maximum absolute atomic E-state index is 11.7. The molecule has 1 amide bonds. The van der Waals surface area contributed by atoms with Crippen molar-refractivity contribution >= 4 is 31.9 Å². The summed E-state index contributed by atoms with van der Waals surface area (Å²) in [5.74, 6) is -0.288. The second-order valence-corrected chi connectivity index (χ2v) is 7.34. The second-order valence-electron chi connectivity index (χ2n) is 4.67. The highest BCUT2D eigenvalue weighted by Crippen LogP contribution is 2.10. The van der Waals surface area contributed by atoms with Crippen LogP contribution in [0.5, 0.6) is 0 Å². The Morgan fingerprint density at radius 3 is 2.56 bits per heavy atom. The number of nitrogens with one attached hydrogen (secondary N) is 3. The predicted octanol–water partition coefficient (Wildman–Crippen LogP) is 0.835. The van der Waals surface area contributed by atoms with Crippen LogP contribution >= 0.6 is 15.9 Å². The van der Waals surface area contributed by atoms with E-state index in [-0.39, 0.29) is 12.5 Å². The number of aromatic amines is 1. The van der Waals surface area contributed by atoms with E-state index in [1.807, 2.05) is 0 Å². The van der Waals surface area contributed by atoms with Gasteiger partial charge in [-0.3, -0.25) is 4.79 Å². The Bertz CT molecular complexity index is 536. The summed E-state index contributed by atoms with van der Waals surface area (Å²) in [6, 6.07) is 1.65. The third-order valence-corrected chi connectivity index (χ3v) is 3.43. The molecule has 0 aliphatic carbocycles. The Labute approximate surface area is 115 Å². The molecule has 8 heteroatoms. The van der Waals surface area contributed by atoms with Crippen molar-refractivity contribution in [2.75, 3.05) is 12.8 Å². The van der Waals surface area contributed by atoms with Gasteiger partial charge in [-0.2, -0.15) is 0 Å². The number of aromatic nitrogens is 1. The first kappa shape index (κ1) is 15.2. The first-order valence-corrected chi connectivity index (χ1v) is 7.89. The van der Waals surface area contributed by atoms with E-state index in [1.54, 1.807) is 26.1 Å². The lowest BCUT2D eigenvalue weighted by Gasteiger charge is -2.25. The highest BCUT2D eigenvalue weighted by molar-refractivity contribution is 9.10. The Hall–Kier alpha value is -0.860. The summed E-state index contributed by atoms with van der Waals surface area (Å²) in [4.78, 5) is 14.5. The van der Waals surface area contributed by atoms with E-state index < -0.39 is 15.6 Å². The van der Waals surface area contributed by atoms with E-state index in [0.717, 1.165) is 10.7 Å². The Kier molecular flexibility index (Phi) is 4.57. The molecule has 0 spiro atoms. The molecule has 0 saturated heterocycles. The number of rotatable bonds is 5. The van der Waals surface area contributed by atoms with Gasteiger partial charge in [0.25, 0.3) is 5.91 Å². The molecule has 0 unspecified atom stereocenters. The summed E-state index contributed by atoms with van der Waals surface area (Å²) in [5, 5.41) is 2.66. The van der Waals surface area contributed by atoms with Gasteiger partial charge in [-0.25, -0.2) is 13.1 Å². The quantitative estimate of drug-likeness (QED) is 0.743. The zero-order chi connectivity index (χ0) is 14.0. The fourth-order valence-electron chi connectivity index (χ4n) is 1.43. The number of hydrogen-bond donors (Lipinski definition) is 3. The Balaban J connectivity index is 2.57. The molecule has 0 fully saturated rings. The van der Waals surface area contributed by atoms with Gasteiger partial charge in [-0.1, -0.05) is 0 Å². The number of amides is 1. The maximum atomic E-state index is 11.7. The molecular weight excluding hydrogens is 322 g/mol. The van der Waals surface area contributed by atoms with Crippen LogP contribution in [0, 0.1) is 0 Å². The van der Waals surface area contributed by atoms with E-state index in [2.05, 4.69) is 31.0 Å². The van der Waals surface area contributed by atoms with Crippen molar-refractivity contribution in [1.29, 1.82) is 0 Å². The number of hydrogen-bond acceptors (Lipinski definition) is 3. The standard InChI is InChI=1S/C10H16BrN3O3S/c1-10(2,14-18(3,16)17)6-13-9(15)8-4-7(11)5-12-8/h4-5,12,14H,6H2,1-3H3,(H,13,15). The van der Waals surface area contributed by atoms with Gasteiger partial charge < -0.3 is 10.3 Å². The van der Waals surface area contributed by atoms with Gasteiger partial charge in [-0.05, 0) is 35.8 Å². The number of carbonyl (C=O) groups excluding carboxylic acids is 1. The topological polar surface area (TPSA) is 91.1 Å². The minimum Gasteiger partial charge on any atom is -0.356 e. The van der Waals surface area contributed by atoms with Crippen molar-refractivity contribution in [3.63, 3.8) is 0 Å². The van der Waals surface area contributed by atoms with Gasteiger partial charge in [-0.15, -0.1) is 0 Å². The summed E-state index contributed by atoms with van der Waals surface area (Å²) in [7, 11) is -3.31. The van der Waals surface area contributed by atoms with Crippen molar-refractivity contribution in [3.05, 3.63) is 22.4 Å². The average Bonchev–Trinajstić information content (AvgIpc) is 2.57. The zero-order valence-electron chi connectivity index (χ0n) is 10.4.